The molecule has 3 rings (SSSR count). The summed E-state index contributed by atoms with van der Waals surface area (Å²) in [4.78, 5) is 8.35. The summed E-state index contributed by atoms with van der Waals surface area (Å²) in [6.07, 6.45) is 0.0408. The molecular formula is C18H19F3N5O2PS. The number of alkyl halides is 3. The van der Waals surface area contributed by atoms with Gasteiger partial charge in [0.15, 0.2) is 0 Å². The van der Waals surface area contributed by atoms with Crippen molar-refractivity contribution in [3.63, 3.8) is 0 Å². The Morgan fingerprint density at radius 1 is 1.23 bits per heavy atom. The quantitative estimate of drug-likeness (QED) is 0.571. The Balaban J connectivity index is 2.09. The summed E-state index contributed by atoms with van der Waals surface area (Å²) in [7, 11) is 1.71. The van der Waals surface area contributed by atoms with Crippen molar-refractivity contribution in [1.82, 2.24) is 18.8 Å². The van der Waals surface area contributed by atoms with Gasteiger partial charge in [0.05, 0.1) is 17.6 Å². The van der Waals surface area contributed by atoms with Crippen LogP contribution in [0.3, 0.4) is 0 Å². The van der Waals surface area contributed by atoms with E-state index in [1.54, 1.807) is 17.8 Å². The third-order valence-electron chi connectivity index (χ3n) is 4.26. The first-order chi connectivity index (χ1) is 14.0. The highest BCUT2D eigenvalue weighted by molar-refractivity contribution is 7.89. The van der Waals surface area contributed by atoms with Crippen LogP contribution in [0.1, 0.15) is 5.56 Å². The second-order valence-corrected chi connectivity index (χ2v) is 8.89. The van der Waals surface area contributed by atoms with Gasteiger partial charge in [0.2, 0.25) is 10.0 Å². The van der Waals surface area contributed by atoms with Gasteiger partial charge in [-0.2, -0.15) is 17.5 Å². The van der Waals surface area contributed by atoms with Gasteiger partial charge in [-0.05, 0) is 24.3 Å². The molecule has 1 aromatic carbocycles. The minimum atomic E-state index is -4.49. The molecule has 7 nitrogen and oxygen atoms in total. The van der Waals surface area contributed by atoms with Gasteiger partial charge in [-0.15, -0.1) is 9.24 Å². The monoisotopic (exact) mass is 457 g/mol. The SMILES string of the molecule is CN(CP)S(=O)(=O)c1cnc(Nc2cccc(C(F)(F)F)c2)c(-c2cn(C)cn2)c1. The highest BCUT2D eigenvalue weighted by Gasteiger charge is 2.30. The Labute approximate surface area is 174 Å². The van der Waals surface area contributed by atoms with Crippen LogP contribution in [-0.2, 0) is 23.2 Å². The average Bonchev–Trinajstić information content (AvgIpc) is 3.13. The van der Waals surface area contributed by atoms with Crippen LogP contribution in [0.15, 0.2) is 53.9 Å². The molecule has 2 heterocycles. The lowest BCUT2D eigenvalue weighted by Crippen LogP contribution is -2.25. The number of hydrogen-bond acceptors (Lipinski definition) is 5. The number of benzene rings is 1. The minimum absolute atomic E-state index is 0.0531. The van der Waals surface area contributed by atoms with Crippen LogP contribution < -0.4 is 5.32 Å². The molecule has 1 unspecified atom stereocenters. The van der Waals surface area contributed by atoms with E-state index in [0.29, 0.717) is 11.3 Å². The van der Waals surface area contributed by atoms with Crippen molar-refractivity contribution in [2.24, 2.45) is 7.05 Å². The first-order valence-electron chi connectivity index (χ1n) is 8.61. The lowest BCUT2D eigenvalue weighted by molar-refractivity contribution is -0.137. The molecule has 0 bridgehead atoms. The molecule has 1 atom stereocenters. The Morgan fingerprint density at radius 2 is 1.97 bits per heavy atom. The summed E-state index contributed by atoms with van der Waals surface area (Å²) in [5, 5.41) is 2.84. The lowest BCUT2D eigenvalue weighted by Gasteiger charge is -2.17. The van der Waals surface area contributed by atoms with E-state index in [0.717, 1.165) is 22.6 Å². The smallest absolute Gasteiger partial charge is 0.340 e. The van der Waals surface area contributed by atoms with Crippen molar-refractivity contribution >= 4 is 30.8 Å². The summed E-state index contributed by atoms with van der Waals surface area (Å²) in [5.74, 6) is 0.181. The van der Waals surface area contributed by atoms with Gasteiger partial charge >= 0.3 is 6.18 Å². The fraction of sp³-hybridized carbons (Fsp3) is 0.222. The van der Waals surface area contributed by atoms with Crippen molar-refractivity contribution in [1.29, 1.82) is 0 Å². The number of imidazole rings is 1. The maximum atomic E-state index is 13.0. The number of aromatic nitrogens is 3. The fourth-order valence-corrected chi connectivity index (χ4v) is 4.22. The van der Waals surface area contributed by atoms with E-state index in [1.165, 1.54) is 31.6 Å². The molecule has 160 valence electrons. The van der Waals surface area contributed by atoms with Crippen molar-refractivity contribution in [2.75, 3.05) is 18.7 Å². The van der Waals surface area contributed by atoms with Crippen molar-refractivity contribution < 1.29 is 21.6 Å². The summed E-state index contributed by atoms with van der Waals surface area (Å²) in [6.45, 7) is 0. The van der Waals surface area contributed by atoms with E-state index in [-0.39, 0.29) is 22.7 Å². The minimum Gasteiger partial charge on any atom is -0.340 e. The predicted molar refractivity (Wildman–Crippen MR) is 111 cm³/mol. The Kier molecular flexibility index (Phi) is 6.16. The van der Waals surface area contributed by atoms with E-state index in [1.807, 2.05) is 0 Å². The van der Waals surface area contributed by atoms with Crippen molar-refractivity contribution in [2.45, 2.75) is 11.1 Å². The second-order valence-electron chi connectivity index (χ2n) is 6.48. The van der Waals surface area contributed by atoms with Gasteiger partial charge in [0, 0.05) is 44.0 Å². The molecule has 0 aliphatic carbocycles. The number of pyridine rings is 1. The molecule has 1 N–H and O–H groups in total. The normalized spacial score (nSPS) is 12.4. The second kappa shape index (κ2) is 8.33. The summed E-state index contributed by atoms with van der Waals surface area (Å²) < 4.78 is 67.2. The van der Waals surface area contributed by atoms with E-state index in [2.05, 4.69) is 24.5 Å². The number of nitrogens with one attached hydrogen (secondary N) is 1. The third kappa shape index (κ3) is 4.63. The van der Waals surface area contributed by atoms with Crippen LogP contribution >= 0.6 is 9.24 Å². The van der Waals surface area contributed by atoms with Crippen molar-refractivity contribution in [3.8, 4) is 11.3 Å². The molecule has 3 aromatic rings. The molecule has 0 saturated carbocycles. The number of halogens is 3. The van der Waals surface area contributed by atoms with Crippen LogP contribution in [0.4, 0.5) is 24.7 Å². The number of rotatable bonds is 6. The van der Waals surface area contributed by atoms with Gasteiger partial charge in [-0.1, -0.05) is 6.07 Å². The van der Waals surface area contributed by atoms with Gasteiger partial charge in [0.1, 0.15) is 10.7 Å². The average molecular weight is 457 g/mol. The molecule has 0 amide bonds. The van der Waals surface area contributed by atoms with Crippen LogP contribution in [0, 0.1) is 0 Å². The molecule has 0 fully saturated rings. The van der Waals surface area contributed by atoms with Crippen LogP contribution in [0.5, 0.6) is 0 Å². The van der Waals surface area contributed by atoms with E-state index < -0.39 is 21.8 Å². The fourth-order valence-electron chi connectivity index (χ4n) is 2.62. The summed E-state index contributed by atoms with van der Waals surface area (Å²) in [5.41, 5.74) is 0.108. The number of hydrogen-bond donors (Lipinski definition) is 1. The molecule has 0 spiro atoms. The Hall–Kier alpha value is -2.49. The molecule has 2 aromatic heterocycles. The highest BCUT2D eigenvalue weighted by Crippen LogP contribution is 2.34. The number of sulfonamides is 1. The molecule has 0 aliphatic rings. The third-order valence-corrected chi connectivity index (χ3v) is 6.86. The first-order valence-corrected chi connectivity index (χ1v) is 10.9. The van der Waals surface area contributed by atoms with E-state index >= 15 is 0 Å². The maximum Gasteiger partial charge on any atom is 0.416 e. The van der Waals surface area contributed by atoms with E-state index in [9.17, 15) is 21.6 Å². The topological polar surface area (TPSA) is 80.1 Å². The van der Waals surface area contributed by atoms with Crippen LogP contribution in [0.25, 0.3) is 11.3 Å². The summed E-state index contributed by atoms with van der Waals surface area (Å²) in [6, 6.07) is 6.06. The molecule has 12 heteroatoms. The highest BCUT2D eigenvalue weighted by atomic mass is 32.2. The lowest BCUT2D eigenvalue weighted by atomic mass is 10.1. The Morgan fingerprint density at radius 3 is 2.57 bits per heavy atom. The first kappa shape index (κ1) is 22.2. The standard InChI is InChI=1S/C18H19F3N5O2PS/c1-25-9-16(23-10-25)15-7-14(30(27,28)26(2)11-29)8-22-17(15)24-13-5-3-4-12(6-13)18(19,20)21/h3-10H,11,29H2,1-2H3,(H,22,24). The molecule has 0 aliphatic heterocycles. The molecular weight excluding hydrogens is 438 g/mol. The van der Waals surface area contributed by atoms with Crippen molar-refractivity contribution in [3.05, 3.63) is 54.6 Å². The van der Waals surface area contributed by atoms with Gasteiger partial charge in [0.25, 0.3) is 0 Å². The zero-order chi connectivity index (χ0) is 22.1. The predicted octanol–water partition coefficient (Wildman–Crippen LogP) is 3.70. The molecule has 0 saturated heterocycles. The molecule has 0 radical (unpaired) electrons. The van der Waals surface area contributed by atoms with Gasteiger partial charge < -0.3 is 9.88 Å². The van der Waals surface area contributed by atoms with Crippen LogP contribution in [-0.4, -0.2) is 40.6 Å². The number of anilines is 2. The largest absolute Gasteiger partial charge is 0.416 e. The van der Waals surface area contributed by atoms with Gasteiger partial charge in [-0.25, -0.2) is 18.4 Å². The van der Waals surface area contributed by atoms with E-state index in [4.69, 9.17) is 0 Å². The summed E-state index contributed by atoms with van der Waals surface area (Å²) >= 11 is 0. The zero-order valence-corrected chi connectivity index (χ0v) is 18.0. The van der Waals surface area contributed by atoms with Gasteiger partial charge in [-0.3, -0.25) is 0 Å². The Bertz CT molecular complexity index is 1160. The maximum absolute atomic E-state index is 13.0. The zero-order valence-electron chi connectivity index (χ0n) is 16.1. The molecule has 30 heavy (non-hydrogen) atoms. The number of nitrogens with zero attached hydrogens (tertiary/aromatic N) is 4. The van der Waals surface area contributed by atoms with Crippen LogP contribution in [0.2, 0.25) is 0 Å². The number of aryl methyl sites for hydroxylation is 1.